The molecule has 0 amide bonds. The van der Waals surface area contributed by atoms with E-state index in [1.165, 1.54) is 0 Å². The number of quaternary nitrogens is 1. The van der Waals surface area contributed by atoms with Gasteiger partial charge in [-0.25, -0.2) is 8.42 Å². The van der Waals surface area contributed by atoms with Gasteiger partial charge in [-0.3, -0.25) is 14.4 Å². The van der Waals surface area contributed by atoms with Crippen LogP contribution in [0.25, 0.3) is 0 Å². The van der Waals surface area contributed by atoms with Crippen molar-refractivity contribution in [2.75, 3.05) is 17.5 Å². The van der Waals surface area contributed by atoms with Gasteiger partial charge in [0.15, 0.2) is 6.29 Å². The van der Waals surface area contributed by atoms with Crippen molar-refractivity contribution in [3.05, 3.63) is 42.2 Å². The van der Waals surface area contributed by atoms with Crippen molar-refractivity contribution in [2.45, 2.75) is 0 Å². The minimum atomic E-state index is -3.27. The summed E-state index contributed by atoms with van der Waals surface area (Å²) in [7, 11) is -3.27. The zero-order chi connectivity index (χ0) is 13.9. The summed E-state index contributed by atoms with van der Waals surface area (Å²) in [5.74, 6) is 0.748. The summed E-state index contributed by atoms with van der Waals surface area (Å²) in [6, 6.07) is 6.86. The van der Waals surface area contributed by atoms with Crippen LogP contribution < -0.4 is 26.6 Å². The maximum atomic E-state index is 11.1. The van der Waals surface area contributed by atoms with Crippen LogP contribution in [0.5, 0.6) is 0 Å². The molecule has 8 heteroatoms. The fourth-order valence-corrected chi connectivity index (χ4v) is 2.35. The quantitative estimate of drug-likeness (QED) is 0.532. The van der Waals surface area contributed by atoms with Gasteiger partial charge in [-0.15, -0.1) is 0 Å². The SMILES string of the molecule is CS(=O)(=O)Nc1ccc(C2=NC=C[NH+]2CC=O)cc1.[Br-]. The second kappa shape index (κ2) is 6.78. The second-order valence-corrected chi connectivity index (χ2v) is 5.89. The number of sulfonamides is 1. The third kappa shape index (κ3) is 4.26. The Balaban J connectivity index is 0.00000200. The number of hydrogen-bond donors (Lipinski definition) is 2. The standard InChI is InChI=1S/C12H13N3O3S.BrH/c1-19(17,18)14-11-4-2-10(3-5-11)12-13-6-7-15(12)8-9-16;/h2-7,9,14H,8H2,1H3;1H. The summed E-state index contributed by atoms with van der Waals surface area (Å²) in [4.78, 5) is 15.6. The molecule has 1 aliphatic rings. The molecular formula is C12H14BrN3O3S. The number of anilines is 1. The van der Waals surface area contributed by atoms with Gasteiger partial charge in [0.1, 0.15) is 12.7 Å². The number of aliphatic imine (C=N–C) groups is 1. The molecule has 0 spiro atoms. The van der Waals surface area contributed by atoms with Crippen molar-refractivity contribution in [1.29, 1.82) is 0 Å². The number of amidine groups is 1. The lowest BCUT2D eigenvalue weighted by Crippen LogP contribution is -3.09. The minimum Gasteiger partial charge on any atom is -1.00 e. The van der Waals surface area contributed by atoms with Crippen LogP contribution in [0, 0.1) is 0 Å². The molecule has 1 unspecified atom stereocenters. The van der Waals surface area contributed by atoms with Crippen LogP contribution in [0.2, 0.25) is 0 Å². The largest absolute Gasteiger partial charge is 1.00 e. The van der Waals surface area contributed by atoms with Gasteiger partial charge in [-0.05, 0) is 24.3 Å². The maximum absolute atomic E-state index is 11.1. The van der Waals surface area contributed by atoms with E-state index in [0.29, 0.717) is 12.2 Å². The molecule has 20 heavy (non-hydrogen) atoms. The third-order valence-corrected chi connectivity index (χ3v) is 3.15. The molecule has 0 bridgehead atoms. The van der Waals surface area contributed by atoms with Crippen LogP contribution >= 0.6 is 0 Å². The highest BCUT2D eigenvalue weighted by Gasteiger charge is 2.20. The topological polar surface area (TPSA) is 80.0 Å². The molecule has 108 valence electrons. The van der Waals surface area contributed by atoms with Gasteiger partial charge in [-0.2, -0.15) is 4.99 Å². The highest BCUT2D eigenvalue weighted by Crippen LogP contribution is 2.11. The maximum Gasteiger partial charge on any atom is 0.238 e. The lowest BCUT2D eigenvalue weighted by molar-refractivity contribution is -0.731. The lowest BCUT2D eigenvalue weighted by atomic mass is 10.2. The predicted octanol–water partition coefficient (Wildman–Crippen LogP) is -3.62. The van der Waals surface area contributed by atoms with Crippen molar-refractivity contribution in [2.24, 2.45) is 4.99 Å². The molecule has 1 aromatic carbocycles. The van der Waals surface area contributed by atoms with Gasteiger partial charge >= 0.3 is 0 Å². The number of benzene rings is 1. The van der Waals surface area contributed by atoms with E-state index in [-0.39, 0.29) is 17.0 Å². The Morgan fingerprint density at radius 1 is 1.30 bits per heavy atom. The number of nitrogens with one attached hydrogen (secondary N) is 2. The van der Waals surface area contributed by atoms with Gasteiger partial charge in [0.25, 0.3) is 0 Å². The van der Waals surface area contributed by atoms with Crippen LogP contribution in [-0.4, -0.2) is 33.3 Å². The molecule has 0 radical (unpaired) electrons. The van der Waals surface area contributed by atoms with Gasteiger partial charge in [0.05, 0.1) is 18.0 Å². The number of carbonyl (C=O) groups is 1. The number of halogens is 1. The molecule has 1 aliphatic heterocycles. The smallest absolute Gasteiger partial charge is 0.238 e. The second-order valence-electron chi connectivity index (χ2n) is 4.14. The predicted molar refractivity (Wildman–Crippen MR) is 72.5 cm³/mol. The number of hydrogen-bond acceptors (Lipinski definition) is 4. The summed E-state index contributed by atoms with van der Waals surface area (Å²) < 4.78 is 24.6. The van der Waals surface area contributed by atoms with Gasteiger partial charge in [-0.1, -0.05) is 0 Å². The molecule has 0 saturated heterocycles. The van der Waals surface area contributed by atoms with E-state index in [0.717, 1.165) is 28.8 Å². The molecule has 0 fully saturated rings. The monoisotopic (exact) mass is 359 g/mol. The van der Waals surface area contributed by atoms with Crippen LogP contribution in [0.4, 0.5) is 5.69 Å². The summed E-state index contributed by atoms with van der Waals surface area (Å²) in [5, 5.41) is 0. The molecule has 0 saturated carbocycles. The molecule has 0 aromatic heterocycles. The van der Waals surface area contributed by atoms with Crippen molar-refractivity contribution >= 4 is 27.8 Å². The summed E-state index contributed by atoms with van der Waals surface area (Å²) in [6.07, 6.45) is 5.38. The van der Waals surface area contributed by atoms with E-state index >= 15 is 0 Å². The third-order valence-electron chi connectivity index (χ3n) is 2.55. The van der Waals surface area contributed by atoms with Gasteiger partial charge < -0.3 is 17.0 Å². The van der Waals surface area contributed by atoms with Gasteiger partial charge in [0, 0.05) is 5.69 Å². The molecule has 0 aliphatic carbocycles. The first-order valence-electron chi connectivity index (χ1n) is 5.62. The lowest BCUT2D eigenvalue weighted by Gasteiger charge is -2.10. The molecule has 6 nitrogen and oxygen atoms in total. The van der Waals surface area contributed by atoms with Crippen molar-refractivity contribution in [1.82, 2.24) is 0 Å². The first kappa shape index (κ1) is 16.5. The summed E-state index contributed by atoms with van der Waals surface area (Å²) in [5.41, 5.74) is 1.34. The first-order valence-corrected chi connectivity index (χ1v) is 7.51. The van der Waals surface area contributed by atoms with E-state index in [2.05, 4.69) is 9.71 Å². The van der Waals surface area contributed by atoms with Crippen LogP contribution in [0.15, 0.2) is 41.7 Å². The summed E-state index contributed by atoms with van der Waals surface area (Å²) >= 11 is 0. The molecule has 1 atom stereocenters. The Morgan fingerprint density at radius 3 is 2.50 bits per heavy atom. The zero-order valence-corrected chi connectivity index (χ0v) is 13.1. The van der Waals surface area contributed by atoms with Crippen LogP contribution in [0.3, 0.4) is 0 Å². The number of rotatable bonds is 5. The molecule has 1 aromatic rings. The highest BCUT2D eigenvalue weighted by molar-refractivity contribution is 7.92. The van der Waals surface area contributed by atoms with Crippen molar-refractivity contribution < 1.29 is 35.1 Å². The number of nitrogens with zero attached hydrogens (tertiary/aromatic N) is 1. The molecule has 2 N–H and O–H groups in total. The average molecular weight is 360 g/mol. The Kier molecular flexibility index (Phi) is 5.61. The van der Waals surface area contributed by atoms with Crippen molar-refractivity contribution in [3.63, 3.8) is 0 Å². The molecule has 2 rings (SSSR count). The van der Waals surface area contributed by atoms with E-state index in [1.807, 2.05) is 0 Å². The van der Waals surface area contributed by atoms with Crippen LogP contribution in [-0.2, 0) is 14.8 Å². The summed E-state index contributed by atoms with van der Waals surface area (Å²) in [6.45, 7) is 0.318. The van der Waals surface area contributed by atoms with Crippen LogP contribution in [0.1, 0.15) is 5.56 Å². The van der Waals surface area contributed by atoms with E-state index in [1.54, 1.807) is 36.7 Å². The Bertz CT molecular complexity index is 638. The fraction of sp³-hybridized carbons (Fsp3) is 0.167. The normalized spacial score (nSPS) is 17.2. The first-order chi connectivity index (χ1) is 8.99. The van der Waals surface area contributed by atoms with Gasteiger partial charge in [0.2, 0.25) is 15.9 Å². The van der Waals surface area contributed by atoms with E-state index in [9.17, 15) is 13.2 Å². The Hall–Kier alpha value is -1.51. The molecular weight excluding hydrogens is 346 g/mol. The highest BCUT2D eigenvalue weighted by atomic mass is 79.9. The van der Waals surface area contributed by atoms with E-state index in [4.69, 9.17) is 0 Å². The van der Waals surface area contributed by atoms with E-state index < -0.39 is 10.0 Å². The minimum absolute atomic E-state index is 0. The Labute approximate surface area is 128 Å². The zero-order valence-electron chi connectivity index (χ0n) is 10.7. The Morgan fingerprint density at radius 2 is 1.95 bits per heavy atom. The number of carbonyl (C=O) groups excluding carboxylic acids is 1. The molecule has 1 heterocycles. The number of aldehydes is 1. The average Bonchev–Trinajstić information content (AvgIpc) is 2.77. The van der Waals surface area contributed by atoms with Crippen molar-refractivity contribution in [3.8, 4) is 0 Å². The fourth-order valence-electron chi connectivity index (χ4n) is 1.79.